The van der Waals surface area contributed by atoms with Crippen LogP contribution >= 0.6 is 0 Å². The van der Waals surface area contributed by atoms with Crippen LogP contribution in [0.5, 0.6) is 0 Å². The molecule has 1 aromatic rings. The molecule has 0 saturated heterocycles. The van der Waals surface area contributed by atoms with E-state index in [2.05, 4.69) is 22.1 Å². The van der Waals surface area contributed by atoms with Crippen molar-refractivity contribution < 1.29 is 13.0 Å². The maximum atomic E-state index is 9.19. The van der Waals surface area contributed by atoms with Crippen LogP contribution in [0.15, 0.2) is 22.5 Å². The zero-order chi connectivity index (χ0) is 16.0. The van der Waals surface area contributed by atoms with Gasteiger partial charge in [0.25, 0.3) is 10.1 Å². The van der Waals surface area contributed by atoms with Crippen LogP contribution in [-0.4, -0.2) is 35.9 Å². The molecule has 0 saturated carbocycles. The van der Waals surface area contributed by atoms with Crippen LogP contribution in [-0.2, 0) is 16.5 Å². The maximum Gasteiger partial charge on any atom is 0.261 e. The Bertz CT molecular complexity index is 655. The molecule has 2 rings (SSSR count). The zero-order valence-electron chi connectivity index (χ0n) is 11.9. The van der Waals surface area contributed by atoms with Crippen molar-refractivity contribution in [3.8, 4) is 0 Å². The van der Waals surface area contributed by atoms with E-state index in [9.17, 15) is 8.42 Å². The predicted octanol–water partition coefficient (Wildman–Crippen LogP) is 0.208. The van der Waals surface area contributed by atoms with Crippen molar-refractivity contribution in [1.29, 1.82) is 0 Å². The Morgan fingerprint density at radius 3 is 2.57 bits per heavy atom. The van der Waals surface area contributed by atoms with E-state index in [1.807, 2.05) is 12.3 Å². The highest BCUT2D eigenvalue weighted by Gasteiger charge is 2.18. The van der Waals surface area contributed by atoms with Gasteiger partial charge in [0.05, 0.1) is 12.0 Å². The van der Waals surface area contributed by atoms with Gasteiger partial charge in [0.1, 0.15) is 0 Å². The molecule has 1 aliphatic rings. The molecule has 0 bridgehead atoms. The summed E-state index contributed by atoms with van der Waals surface area (Å²) in [6.07, 6.45) is 5.49. The molecule has 0 radical (unpaired) electrons. The number of nitrogens with two attached hydrogens (primary N) is 2. The van der Waals surface area contributed by atoms with Crippen molar-refractivity contribution in [2.75, 3.05) is 6.26 Å². The van der Waals surface area contributed by atoms with E-state index >= 15 is 0 Å². The minimum absolute atomic E-state index is 0.0128. The molecule has 5 N–H and O–H groups in total. The lowest BCUT2D eigenvalue weighted by atomic mass is 9.91. The molecule has 0 aliphatic heterocycles. The lowest BCUT2D eigenvalue weighted by Gasteiger charge is -2.17. The molecule has 0 unspecified atom stereocenters. The lowest BCUT2D eigenvalue weighted by Crippen LogP contribution is -2.22. The molecule has 9 heteroatoms. The second kappa shape index (κ2) is 7.14. The molecular weight excluding hydrogens is 294 g/mol. The molecule has 0 amide bonds. The third-order valence-corrected chi connectivity index (χ3v) is 2.64. The Hall–Kier alpha value is -2.00. The SMILES string of the molecule is CS(=O)(=O)O.Cc1ccnc2c1/C(=N\N=C(N)N)CCC2. The summed E-state index contributed by atoms with van der Waals surface area (Å²) in [6, 6.07) is 1.98. The van der Waals surface area contributed by atoms with E-state index in [1.54, 1.807) is 0 Å². The Morgan fingerprint density at radius 2 is 2.00 bits per heavy atom. The minimum atomic E-state index is -3.67. The summed E-state index contributed by atoms with van der Waals surface area (Å²) in [7, 11) is -3.67. The van der Waals surface area contributed by atoms with Gasteiger partial charge in [-0.2, -0.15) is 13.5 Å². The fraction of sp³-hybridized carbons (Fsp3) is 0.417. The number of aromatic nitrogens is 1. The van der Waals surface area contributed by atoms with Gasteiger partial charge in [-0.3, -0.25) is 9.54 Å². The first-order valence-corrected chi connectivity index (χ1v) is 8.06. The molecule has 0 aromatic carbocycles. The topological polar surface area (TPSA) is 144 Å². The first-order valence-electron chi connectivity index (χ1n) is 6.21. The molecular formula is C12H19N5O3S. The summed E-state index contributed by atoms with van der Waals surface area (Å²) in [5, 5.41) is 7.82. The molecule has 1 heterocycles. The van der Waals surface area contributed by atoms with Gasteiger partial charge >= 0.3 is 0 Å². The van der Waals surface area contributed by atoms with E-state index < -0.39 is 10.1 Å². The Kier molecular flexibility index (Phi) is 5.79. The van der Waals surface area contributed by atoms with Gasteiger partial charge in [0.2, 0.25) is 5.96 Å². The number of guanidine groups is 1. The first-order chi connectivity index (χ1) is 9.68. The average molecular weight is 313 g/mol. The minimum Gasteiger partial charge on any atom is -0.369 e. The summed E-state index contributed by atoms with van der Waals surface area (Å²) in [5.41, 5.74) is 14.9. The standard InChI is InChI=1S/C11H15N5.CH4O3S/c1-7-5-6-14-8-3-2-4-9(10(7)8)15-16-11(12)13;1-5(2,3)4/h5-6H,2-4H2,1H3,(H4,12,13,16);1H3,(H,2,3,4)/b15-9-;. The predicted molar refractivity (Wildman–Crippen MR) is 81.7 cm³/mol. The number of rotatable bonds is 1. The normalized spacial score (nSPS) is 15.7. The molecule has 1 aliphatic carbocycles. The summed E-state index contributed by atoms with van der Waals surface area (Å²) in [6.45, 7) is 2.05. The van der Waals surface area contributed by atoms with Crippen molar-refractivity contribution in [2.24, 2.45) is 21.7 Å². The number of aryl methyl sites for hydroxylation is 2. The van der Waals surface area contributed by atoms with Crippen molar-refractivity contribution in [3.63, 3.8) is 0 Å². The van der Waals surface area contributed by atoms with Crippen molar-refractivity contribution in [3.05, 3.63) is 29.1 Å². The smallest absolute Gasteiger partial charge is 0.261 e. The molecule has 0 fully saturated rings. The molecule has 21 heavy (non-hydrogen) atoms. The quantitative estimate of drug-likeness (QED) is 0.292. The first kappa shape index (κ1) is 17.1. The third kappa shape index (κ3) is 6.32. The average Bonchev–Trinajstić information content (AvgIpc) is 2.34. The number of pyridine rings is 1. The van der Waals surface area contributed by atoms with Crippen LogP contribution in [0.25, 0.3) is 0 Å². The lowest BCUT2D eigenvalue weighted by molar-refractivity contribution is 0.490. The highest BCUT2D eigenvalue weighted by atomic mass is 32.2. The molecule has 116 valence electrons. The number of nitrogens with zero attached hydrogens (tertiary/aromatic N) is 3. The molecule has 0 spiro atoms. The van der Waals surface area contributed by atoms with Crippen LogP contribution in [0, 0.1) is 6.92 Å². The molecule has 8 nitrogen and oxygen atoms in total. The van der Waals surface area contributed by atoms with Gasteiger partial charge in [-0.15, -0.1) is 5.10 Å². The third-order valence-electron chi connectivity index (χ3n) is 2.64. The second-order valence-corrected chi connectivity index (χ2v) is 6.07. The van der Waals surface area contributed by atoms with Gasteiger partial charge < -0.3 is 11.5 Å². The summed E-state index contributed by atoms with van der Waals surface area (Å²) in [5.74, 6) is -0.0128. The summed E-state index contributed by atoms with van der Waals surface area (Å²) in [4.78, 5) is 4.37. The van der Waals surface area contributed by atoms with E-state index in [1.165, 1.54) is 5.56 Å². The Balaban J connectivity index is 0.000000383. The zero-order valence-corrected chi connectivity index (χ0v) is 12.8. The Morgan fingerprint density at radius 1 is 1.38 bits per heavy atom. The fourth-order valence-electron chi connectivity index (χ4n) is 1.96. The van der Waals surface area contributed by atoms with Gasteiger partial charge in [-0.05, 0) is 37.8 Å². The van der Waals surface area contributed by atoms with E-state index in [0.29, 0.717) is 6.26 Å². The van der Waals surface area contributed by atoms with Crippen LogP contribution in [0.2, 0.25) is 0 Å². The highest BCUT2D eigenvalue weighted by Crippen LogP contribution is 2.22. The van der Waals surface area contributed by atoms with Crippen molar-refractivity contribution in [1.82, 2.24) is 4.98 Å². The number of fused-ring (bicyclic) bond motifs is 1. The Labute approximate surface area is 123 Å². The molecule has 0 atom stereocenters. The van der Waals surface area contributed by atoms with Crippen LogP contribution in [0.1, 0.15) is 29.7 Å². The van der Waals surface area contributed by atoms with Gasteiger partial charge in [-0.1, -0.05) is 0 Å². The summed E-state index contributed by atoms with van der Waals surface area (Å²) < 4.78 is 25.9. The van der Waals surface area contributed by atoms with Crippen LogP contribution in [0.3, 0.4) is 0 Å². The van der Waals surface area contributed by atoms with E-state index in [4.69, 9.17) is 16.0 Å². The molecule has 1 aromatic heterocycles. The second-order valence-electron chi connectivity index (χ2n) is 4.61. The highest BCUT2D eigenvalue weighted by molar-refractivity contribution is 7.85. The van der Waals surface area contributed by atoms with Crippen molar-refractivity contribution >= 4 is 21.8 Å². The monoisotopic (exact) mass is 313 g/mol. The largest absolute Gasteiger partial charge is 0.369 e. The van der Waals surface area contributed by atoms with Crippen LogP contribution in [0.4, 0.5) is 0 Å². The van der Waals surface area contributed by atoms with Gasteiger partial charge in [0, 0.05) is 17.5 Å². The summed E-state index contributed by atoms with van der Waals surface area (Å²) >= 11 is 0. The fourth-order valence-corrected chi connectivity index (χ4v) is 1.96. The van der Waals surface area contributed by atoms with Crippen LogP contribution < -0.4 is 11.5 Å². The van der Waals surface area contributed by atoms with E-state index in [0.717, 1.165) is 36.2 Å². The van der Waals surface area contributed by atoms with Gasteiger partial charge in [-0.25, -0.2) is 0 Å². The van der Waals surface area contributed by atoms with Gasteiger partial charge in [0.15, 0.2) is 0 Å². The number of hydrogen-bond donors (Lipinski definition) is 3. The van der Waals surface area contributed by atoms with E-state index in [-0.39, 0.29) is 5.96 Å². The maximum absolute atomic E-state index is 9.19. The van der Waals surface area contributed by atoms with Crippen molar-refractivity contribution in [2.45, 2.75) is 26.2 Å². The number of hydrogen-bond acceptors (Lipinski definition) is 5.